The van der Waals surface area contributed by atoms with Crippen molar-refractivity contribution in [1.29, 1.82) is 0 Å². The van der Waals surface area contributed by atoms with E-state index in [1.165, 1.54) is 0 Å². The molecule has 1 aliphatic rings. The molecule has 2 aromatic rings. The van der Waals surface area contributed by atoms with E-state index in [9.17, 15) is 4.79 Å². The topological polar surface area (TPSA) is 85.0 Å². The Balaban J connectivity index is 1.85. The van der Waals surface area contributed by atoms with E-state index in [-0.39, 0.29) is 11.8 Å². The largest absolute Gasteiger partial charge is 0.345 e. The number of rotatable bonds is 2. The zero-order valence-electron chi connectivity index (χ0n) is 9.78. The lowest BCUT2D eigenvalue weighted by Gasteiger charge is -2.05. The lowest BCUT2D eigenvalue weighted by molar-refractivity contribution is -0.126. The molecule has 92 valence electrons. The Hall–Kier alpha value is -2.31. The number of hydrogen-bond donors (Lipinski definition) is 0. The van der Waals surface area contributed by atoms with Gasteiger partial charge in [-0.3, -0.25) is 4.79 Å². The van der Waals surface area contributed by atoms with Gasteiger partial charge in [-0.2, -0.15) is 10.1 Å². The van der Waals surface area contributed by atoms with Crippen molar-refractivity contribution in [3.8, 4) is 11.5 Å². The first-order chi connectivity index (χ1) is 8.74. The fourth-order valence-electron chi connectivity index (χ4n) is 1.95. The van der Waals surface area contributed by atoms with Crippen LogP contribution in [0.1, 0.15) is 18.2 Å². The van der Waals surface area contributed by atoms with Crippen molar-refractivity contribution in [3.05, 3.63) is 24.2 Å². The first-order valence-electron chi connectivity index (χ1n) is 5.59. The van der Waals surface area contributed by atoms with Gasteiger partial charge in [0.1, 0.15) is 5.69 Å². The van der Waals surface area contributed by atoms with E-state index < -0.39 is 0 Å². The Labute approximate surface area is 103 Å². The third-order valence-electron chi connectivity index (χ3n) is 2.93. The van der Waals surface area contributed by atoms with Gasteiger partial charge >= 0.3 is 0 Å². The van der Waals surface area contributed by atoms with Gasteiger partial charge in [-0.05, 0) is 12.1 Å². The first-order valence-corrected chi connectivity index (χ1v) is 5.59. The van der Waals surface area contributed by atoms with Gasteiger partial charge in [0.25, 0.3) is 0 Å². The second-order valence-corrected chi connectivity index (χ2v) is 4.24. The van der Waals surface area contributed by atoms with Gasteiger partial charge in [0.05, 0.1) is 5.92 Å². The summed E-state index contributed by atoms with van der Waals surface area (Å²) in [5.41, 5.74) is 0.560. The highest BCUT2D eigenvalue weighted by Crippen LogP contribution is 2.27. The molecular formula is C11H11N5O2. The van der Waals surface area contributed by atoms with E-state index in [4.69, 9.17) is 4.52 Å². The summed E-state index contributed by atoms with van der Waals surface area (Å²) in [7, 11) is 1.77. The van der Waals surface area contributed by atoms with E-state index in [1.54, 1.807) is 30.3 Å². The Morgan fingerprint density at radius 1 is 1.50 bits per heavy atom. The molecule has 0 spiro atoms. The maximum absolute atomic E-state index is 11.4. The van der Waals surface area contributed by atoms with Crippen LogP contribution in [-0.4, -0.2) is 44.7 Å². The standard InChI is InChI=1S/C11H11N5O2/c1-16-6-7(5-9(16)17)11-13-10(15-18-11)8-3-2-4-12-14-8/h2-4,7H,5-6H2,1H3. The van der Waals surface area contributed by atoms with Crippen molar-refractivity contribution in [3.63, 3.8) is 0 Å². The fraction of sp³-hybridized carbons (Fsp3) is 0.364. The average Bonchev–Trinajstić information content (AvgIpc) is 2.99. The van der Waals surface area contributed by atoms with Crippen molar-refractivity contribution in [2.24, 2.45) is 0 Å². The number of likely N-dealkylation sites (N-methyl/N-ethyl adjacent to an activating group) is 1. The van der Waals surface area contributed by atoms with Crippen molar-refractivity contribution in [1.82, 2.24) is 25.2 Å². The van der Waals surface area contributed by atoms with E-state index in [2.05, 4.69) is 20.3 Å². The SMILES string of the molecule is CN1CC(c2nc(-c3cccnn3)no2)CC1=O. The first kappa shape index (κ1) is 10.8. The monoisotopic (exact) mass is 245 g/mol. The van der Waals surface area contributed by atoms with Crippen LogP contribution in [0.2, 0.25) is 0 Å². The van der Waals surface area contributed by atoms with Crippen LogP contribution < -0.4 is 0 Å². The lowest BCUT2D eigenvalue weighted by atomic mass is 10.1. The minimum absolute atomic E-state index is 0.0274. The smallest absolute Gasteiger partial charge is 0.232 e. The molecule has 3 rings (SSSR count). The van der Waals surface area contributed by atoms with Crippen LogP contribution in [0.5, 0.6) is 0 Å². The summed E-state index contributed by atoms with van der Waals surface area (Å²) in [4.78, 5) is 17.4. The molecule has 0 bridgehead atoms. The van der Waals surface area contributed by atoms with Crippen molar-refractivity contribution in [2.45, 2.75) is 12.3 Å². The maximum atomic E-state index is 11.4. The second-order valence-electron chi connectivity index (χ2n) is 4.24. The minimum atomic E-state index is -0.0274. The zero-order valence-corrected chi connectivity index (χ0v) is 9.78. The summed E-state index contributed by atoms with van der Waals surface area (Å²) in [6, 6.07) is 3.51. The number of likely N-dealkylation sites (tertiary alicyclic amines) is 1. The normalized spacial score (nSPS) is 19.5. The highest BCUT2D eigenvalue weighted by atomic mass is 16.5. The van der Waals surface area contributed by atoms with Gasteiger partial charge in [-0.25, -0.2) is 0 Å². The van der Waals surface area contributed by atoms with Crippen molar-refractivity contribution in [2.75, 3.05) is 13.6 Å². The van der Waals surface area contributed by atoms with Gasteiger partial charge in [-0.1, -0.05) is 5.16 Å². The molecular weight excluding hydrogens is 234 g/mol. The lowest BCUT2D eigenvalue weighted by Crippen LogP contribution is -2.18. The second kappa shape index (κ2) is 4.17. The van der Waals surface area contributed by atoms with Gasteiger partial charge in [0.2, 0.25) is 17.6 Å². The maximum Gasteiger partial charge on any atom is 0.232 e. The van der Waals surface area contributed by atoms with Gasteiger partial charge in [0.15, 0.2) is 0 Å². The third kappa shape index (κ3) is 1.83. The molecule has 0 N–H and O–H groups in total. The zero-order chi connectivity index (χ0) is 12.5. The van der Waals surface area contributed by atoms with Crippen LogP contribution in [0.15, 0.2) is 22.9 Å². The predicted octanol–water partition coefficient (Wildman–Crippen LogP) is 0.472. The minimum Gasteiger partial charge on any atom is -0.345 e. The molecule has 1 amide bonds. The van der Waals surface area contributed by atoms with Gasteiger partial charge in [0, 0.05) is 26.2 Å². The molecule has 7 heteroatoms. The Bertz CT molecular complexity index is 568. The number of hydrogen-bond acceptors (Lipinski definition) is 6. The van der Waals surface area contributed by atoms with E-state index in [0.29, 0.717) is 30.4 Å². The molecule has 1 saturated heterocycles. The highest BCUT2D eigenvalue weighted by molar-refractivity contribution is 5.79. The number of nitrogens with zero attached hydrogens (tertiary/aromatic N) is 5. The van der Waals surface area contributed by atoms with Crippen LogP contribution in [0.3, 0.4) is 0 Å². The molecule has 1 fully saturated rings. The number of carbonyl (C=O) groups is 1. The summed E-state index contributed by atoms with van der Waals surface area (Å²) >= 11 is 0. The molecule has 7 nitrogen and oxygen atoms in total. The highest BCUT2D eigenvalue weighted by Gasteiger charge is 2.32. The Kier molecular flexibility index (Phi) is 2.51. The summed E-state index contributed by atoms with van der Waals surface area (Å²) < 4.78 is 5.19. The Morgan fingerprint density at radius 3 is 3.06 bits per heavy atom. The van der Waals surface area contributed by atoms with Crippen molar-refractivity contribution < 1.29 is 9.32 Å². The predicted molar refractivity (Wildman–Crippen MR) is 60.3 cm³/mol. The molecule has 1 aliphatic heterocycles. The van der Waals surface area contributed by atoms with Gasteiger partial charge in [-0.15, -0.1) is 5.10 Å². The molecule has 0 aromatic carbocycles. The number of aromatic nitrogens is 4. The third-order valence-corrected chi connectivity index (χ3v) is 2.93. The molecule has 18 heavy (non-hydrogen) atoms. The molecule has 0 radical (unpaired) electrons. The van der Waals surface area contributed by atoms with E-state index >= 15 is 0 Å². The van der Waals surface area contributed by atoms with Crippen molar-refractivity contribution >= 4 is 5.91 Å². The van der Waals surface area contributed by atoms with Crippen LogP contribution >= 0.6 is 0 Å². The molecule has 0 saturated carbocycles. The average molecular weight is 245 g/mol. The molecule has 0 aliphatic carbocycles. The number of carbonyl (C=O) groups excluding carboxylic acids is 1. The quantitative estimate of drug-likeness (QED) is 0.764. The fourth-order valence-corrected chi connectivity index (χ4v) is 1.95. The Morgan fingerprint density at radius 2 is 2.39 bits per heavy atom. The van der Waals surface area contributed by atoms with Crippen LogP contribution in [0, 0.1) is 0 Å². The number of amides is 1. The van der Waals surface area contributed by atoms with Gasteiger partial charge < -0.3 is 9.42 Å². The molecule has 3 heterocycles. The van der Waals surface area contributed by atoms with E-state index in [0.717, 1.165) is 0 Å². The van der Waals surface area contributed by atoms with Crippen LogP contribution in [-0.2, 0) is 4.79 Å². The summed E-state index contributed by atoms with van der Waals surface area (Å²) in [6.07, 6.45) is 1.99. The van der Waals surface area contributed by atoms with Crippen LogP contribution in [0.25, 0.3) is 11.5 Å². The van der Waals surface area contributed by atoms with E-state index in [1.807, 2.05) is 0 Å². The summed E-state index contributed by atoms with van der Waals surface area (Å²) in [5, 5.41) is 11.5. The summed E-state index contributed by atoms with van der Waals surface area (Å²) in [5.74, 6) is 0.952. The molecule has 1 atom stereocenters. The molecule has 1 unspecified atom stereocenters. The van der Waals surface area contributed by atoms with Crippen LogP contribution in [0.4, 0.5) is 0 Å². The summed E-state index contributed by atoms with van der Waals surface area (Å²) in [6.45, 7) is 0.612. The molecule has 2 aromatic heterocycles.